The summed E-state index contributed by atoms with van der Waals surface area (Å²) in [7, 11) is -3.66. The second-order valence-electron chi connectivity index (χ2n) is 11.6. The van der Waals surface area contributed by atoms with E-state index in [1.54, 1.807) is 0 Å². The van der Waals surface area contributed by atoms with Gasteiger partial charge in [-0.15, -0.1) is 0 Å². The maximum atomic E-state index is 12.2. The molecule has 0 aliphatic heterocycles. The molecule has 0 aromatic rings. The summed E-state index contributed by atoms with van der Waals surface area (Å²) in [6.45, 7) is 25.1. The molecule has 0 saturated heterocycles. The van der Waals surface area contributed by atoms with E-state index < -0.39 is 16.6 Å². The minimum Gasteiger partial charge on any atom is -0.464 e. The first-order chi connectivity index (χ1) is 13.4. The predicted molar refractivity (Wildman–Crippen MR) is 130 cm³/mol. The Kier molecular flexibility index (Phi) is 11.7. The van der Waals surface area contributed by atoms with E-state index in [1.807, 2.05) is 6.92 Å². The molecule has 0 aromatic carbocycles. The van der Waals surface area contributed by atoms with Crippen molar-refractivity contribution in [2.45, 2.75) is 129 Å². The van der Waals surface area contributed by atoms with Crippen LogP contribution in [-0.2, 0) is 23.2 Å². The van der Waals surface area contributed by atoms with Crippen LogP contribution in [0.15, 0.2) is 0 Å². The Bertz CT molecular complexity index is 533. The normalized spacial score (nSPS) is 15.6. The van der Waals surface area contributed by atoms with Crippen LogP contribution in [0.4, 0.5) is 0 Å². The zero-order chi connectivity index (χ0) is 23.8. The zero-order valence-electron chi connectivity index (χ0n) is 21.5. The Labute approximate surface area is 187 Å². The van der Waals surface area contributed by atoms with Crippen LogP contribution in [0.25, 0.3) is 0 Å². The Hall–Kier alpha value is -0.506. The molecule has 0 aliphatic rings. The molecule has 0 saturated carbocycles. The molecule has 5 nitrogen and oxygen atoms in total. The predicted octanol–water partition coefficient (Wildman–Crippen LogP) is 6.48. The van der Waals surface area contributed by atoms with Crippen LogP contribution in [0, 0.1) is 0 Å². The van der Waals surface area contributed by atoms with Gasteiger partial charge in [0.1, 0.15) is 11.9 Å². The fraction of sp³-hybridized carbons (Fsp3) is 0.913. The van der Waals surface area contributed by atoms with Gasteiger partial charge in [0.2, 0.25) is 0 Å². The summed E-state index contributed by atoms with van der Waals surface area (Å²) in [5, 5.41) is 0.291. The van der Waals surface area contributed by atoms with E-state index in [2.05, 4.69) is 67.7 Å². The third-order valence-corrected chi connectivity index (χ3v) is 15.9. The summed E-state index contributed by atoms with van der Waals surface area (Å²) in [4.78, 5) is 23.2. The van der Waals surface area contributed by atoms with E-state index in [-0.39, 0.29) is 28.1 Å². The molecule has 0 fully saturated rings. The molecule has 7 heteroatoms. The van der Waals surface area contributed by atoms with E-state index in [1.165, 1.54) is 0 Å². The fourth-order valence-corrected chi connectivity index (χ4v) is 5.21. The van der Waals surface area contributed by atoms with Gasteiger partial charge in [-0.25, -0.2) is 0 Å². The van der Waals surface area contributed by atoms with Gasteiger partial charge >= 0.3 is 0 Å². The van der Waals surface area contributed by atoms with Gasteiger partial charge in [-0.3, -0.25) is 9.59 Å². The van der Waals surface area contributed by atoms with Gasteiger partial charge in [0.25, 0.3) is 6.47 Å². The summed E-state index contributed by atoms with van der Waals surface area (Å²) >= 11 is 0. The van der Waals surface area contributed by atoms with Crippen LogP contribution < -0.4 is 0 Å². The van der Waals surface area contributed by atoms with E-state index in [0.29, 0.717) is 45.2 Å². The monoisotopic (exact) mass is 460 g/mol. The van der Waals surface area contributed by atoms with Crippen molar-refractivity contribution in [1.82, 2.24) is 0 Å². The SMILES string of the molecule is C[C@H](C[C@@H](CCCC(=O)CCO[Si](C)(C)C(C)(C)C)OC=O)O[Si](C)(C)C(C)(C)C. The molecule has 0 bridgehead atoms. The number of hydrogen-bond donors (Lipinski definition) is 0. The smallest absolute Gasteiger partial charge is 0.293 e. The molecule has 0 rings (SSSR count). The highest BCUT2D eigenvalue weighted by Crippen LogP contribution is 2.38. The lowest BCUT2D eigenvalue weighted by atomic mass is 10.0. The number of hydrogen-bond acceptors (Lipinski definition) is 5. The molecule has 0 heterocycles. The van der Waals surface area contributed by atoms with E-state index in [9.17, 15) is 9.59 Å². The van der Waals surface area contributed by atoms with Gasteiger partial charge in [-0.05, 0) is 56.0 Å². The number of carbonyl (C=O) groups excluding carboxylic acids is 2. The quantitative estimate of drug-likeness (QED) is 0.219. The molecule has 0 aromatic heterocycles. The number of ether oxygens (including phenoxy) is 1. The molecule has 0 radical (unpaired) electrons. The third-order valence-electron chi connectivity index (χ3n) is 6.78. The molecule has 0 spiro atoms. The van der Waals surface area contributed by atoms with Crippen molar-refractivity contribution >= 4 is 28.9 Å². The van der Waals surface area contributed by atoms with Crippen molar-refractivity contribution in [2.24, 2.45) is 0 Å². The molecular formula is C23H48O5Si2. The minimum atomic E-state index is -1.86. The summed E-state index contributed by atoms with van der Waals surface area (Å²) in [6, 6.07) is 0. The lowest BCUT2D eigenvalue weighted by Gasteiger charge is -2.39. The number of carbonyl (C=O) groups is 2. The van der Waals surface area contributed by atoms with Crippen molar-refractivity contribution in [3.05, 3.63) is 0 Å². The van der Waals surface area contributed by atoms with Crippen LogP contribution in [-0.4, -0.2) is 47.7 Å². The second kappa shape index (κ2) is 11.9. The van der Waals surface area contributed by atoms with Crippen LogP contribution in [0.5, 0.6) is 0 Å². The van der Waals surface area contributed by atoms with Gasteiger partial charge in [-0.1, -0.05) is 41.5 Å². The molecule has 0 unspecified atom stereocenters. The first-order valence-electron chi connectivity index (χ1n) is 11.4. The topological polar surface area (TPSA) is 61.8 Å². The largest absolute Gasteiger partial charge is 0.464 e. The molecule has 0 amide bonds. The number of Topliss-reactive ketones (excluding diaryl/α,β-unsaturated/α-hetero) is 1. The molecule has 2 atom stereocenters. The Morgan fingerprint density at radius 1 is 0.933 bits per heavy atom. The summed E-state index contributed by atoms with van der Waals surface area (Å²) in [5.41, 5.74) is 0. The number of ketones is 1. The molecule has 0 aliphatic carbocycles. The highest BCUT2D eigenvalue weighted by atomic mass is 28.4. The van der Waals surface area contributed by atoms with Gasteiger partial charge in [0, 0.05) is 32.0 Å². The standard InChI is InChI=1S/C23H48O5Si2/c1-19(28-30(10,11)23(5,6)7)17-21(26-18-24)14-12-13-20(25)15-16-27-29(8,9)22(2,3)4/h18-19,21H,12-17H2,1-11H3/t19-,21-/m1/s1. The van der Waals surface area contributed by atoms with Crippen LogP contribution >= 0.6 is 0 Å². The lowest BCUT2D eigenvalue weighted by molar-refractivity contribution is -0.135. The van der Waals surface area contributed by atoms with Gasteiger partial charge in [-0.2, -0.15) is 0 Å². The van der Waals surface area contributed by atoms with Crippen molar-refractivity contribution in [3.63, 3.8) is 0 Å². The maximum Gasteiger partial charge on any atom is 0.293 e. The lowest BCUT2D eigenvalue weighted by Crippen LogP contribution is -2.44. The van der Waals surface area contributed by atoms with Crippen LogP contribution in [0.2, 0.25) is 36.3 Å². The molecule has 30 heavy (non-hydrogen) atoms. The third kappa shape index (κ3) is 10.7. The van der Waals surface area contributed by atoms with Gasteiger partial charge < -0.3 is 13.6 Å². The van der Waals surface area contributed by atoms with Crippen molar-refractivity contribution in [2.75, 3.05) is 6.61 Å². The van der Waals surface area contributed by atoms with Crippen LogP contribution in [0.3, 0.4) is 0 Å². The van der Waals surface area contributed by atoms with Gasteiger partial charge in [0.15, 0.2) is 16.6 Å². The first kappa shape index (κ1) is 29.5. The summed E-state index contributed by atoms with van der Waals surface area (Å²) in [6.07, 6.45) is 2.81. The molecule has 0 N–H and O–H groups in total. The van der Waals surface area contributed by atoms with E-state index in [0.717, 1.165) is 0 Å². The Morgan fingerprint density at radius 3 is 1.93 bits per heavy atom. The highest BCUT2D eigenvalue weighted by molar-refractivity contribution is 6.74. The average molecular weight is 461 g/mol. The minimum absolute atomic E-state index is 0.0181. The van der Waals surface area contributed by atoms with Crippen LogP contribution in [0.1, 0.15) is 80.6 Å². The van der Waals surface area contributed by atoms with Crippen molar-refractivity contribution < 1.29 is 23.2 Å². The number of rotatable bonds is 14. The first-order valence-corrected chi connectivity index (χ1v) is 17.2. The fourth-order valence-electron chi connectivity index (χ4n) is 2.71. The zero-order valence-corrected chi connectivity index (χ0v) is 23.5. The maximum absolute atomic E-state index is 12.2. The Balaban J connectivity index is 4.42. The molecular weight excluding hydrogens is 412 g/mol. The van der Waals surface area contributed by atoms with Crippen molar-refractivity contribution in [1.29, 1.82) is 0 Å². The highest BCUT2D eigenvalue weighted by Gasteiger charge is 2.39. The van der Waals surface area contributed by atoms with Gasteiger partial charge in [0.05, 0.1) is 0 Å². The molecule has 178 valence electrons. The average Bonchev–Trinajstić information content (AvgIpc) is 2.51. The van der Waals surface area contributed by atoms with E-state index in [4.69, 9.17) is 13.6 Å². The summed E-state index contributed by atoms with van der Waals surface area (Å²) in [5.74, 6) is 0.212. The summed E-state index contributed by atoms with van der Waals surface area (Å²) < 4.78 is 17.8. The Morgan fingerprint density at radius 2 is 1.47 bits per heavy atom. The van der Waals surface area contributed by atoms with Crippen molar-refractivity contribution in [3.8, 4) is 0 Å². The second-order valence-corrected chi connectivity index (χ2v) is 21.1. The van der Waals surface area contributed by atoms with E-state index >= 15 is 0 Å².